The molecule has 2 N–H and O–H groups in total. The molecule has 2 aromatic rings. The van der Waals surface area contributed by atoms with E-state index in [2.05, 4.69) is 0 Å². The molecule has 3 rings (SSSR count). The molecule has 0 aromatic heterocycles. The quantitative estimate of drug-likeness (QED) is 0.735. The molecule has 0 saturated heterocycles. The Kier molecular flexibility index (Phi) is 5.90. The number of primary sulfonamides is 1. The molecule has 1 atom stereocenters. The van der Waals surface area contributed by atoms with Crippen LogP contribution in [-0.4, -0.2) is 45.0 Å². The molecule has 1 aliphatic rings. The minimum atomic E-state index is -4.01. The van der Waals surface area contributed by atoms with Crippen molar-refractivity contribution < 1.29 is 27.5 Å². The maximum atomic E-state index is 12.8. The van der Waals surface area contributed by atoms with Gasteiger partial charge in [0.2, 0.25) is 10.0 Å². The van der Waals surface area contributed by atoms with E-state index in [9.17, 15) is 18.0 Å². The van der Waals surface area contributed by atoms with Crippen molar-refractivity contribution in [3.8, 4) is 5.75 Å². The lowest BCUT2D eigenvalue weighted by Crippen LogP contribution is -2.42. The fraction of sp³-hybridized carbons (Fsp3) is 0.300. The number of rotatable bonds is 5. The minimum absolute atomic E-state index is 0.119. The van der Waals surface area contributed by atoms with Gasteiger partial charge in [-0.3, -0.25) is 4.79 Å². The van der Waals surface area contributed by atoms with Crippen LogP contribution in [0.5, 0.6) is 5.75 Å². The van der Waals surface area contributed by atoms with Crippen LogP contribution in [0.1, 0.15) is 28.4 Å². The van der Waals surface area contributed by atoms with Crippen LogP contribution in [0.4, 0.5) is 0 Å². The second kappa shape index (κ2) is 8.22. The molecule has 0 fully saturated rings. The SMILES string of the molecule is COc1ccc(S(N)(=O)=O)cc1C(=O)OC(C)C(=O)N1CCc2ccccc2C1. The third kappa shape index (κ3) is 4.57. The summed E-state index contributed by atoms with van der Waals surface area (Å²) in [5, 5.41) is 5.12. The second-order valence-electron chi connectivity index (χ2n) is 6.73. The lowest BCUT2D eigenvalue weighted by Gasteiger charge is -2.30. The van der Waals surface area contributed by atoms with E-state index in [1.54, 1.807) is 4.90 Å². The zero-order valence-corrected chi connectivity index (χ0v) is 16.9. The molecule has 0 radical (unpaired) electrons. The predicted molar refractivity (Wildman–Crippen MR) is 105 cm³/mol. The molecule has 2 aromatic carbocycles. The summed E-state index contributed by atoms with van der Waals surface area (Å²) in [5.74, 6) is -1.08. The molecule has 1 unspecified atom stereocenters. The zero-order valence-electron chi connectivity index (χ0n) is 16.1. The van der Waals surface area contributed by atoms with Crippen LogP contribution in [0.25, 0.3) is 0 Å². The van der Waals surface area contributed by atoms with Crippen molar-refractivity contribution in [2.24, 2.45) is 5.14 Å². The summed E-state index contributed by atoms with van der Waals surface area (Å²) in [6.07, 6.45) is -0.317. The van der Waals surface area contributed by atoms with Gasteiger partial charge in [-0.15, -0.1) is 0 Å². The molecule has 154 valence electrons. The summed E-state index contributed by atoms with van der Waals surface area (Å²) >= 11 is 0. The van der Waals surface area contributed by atoms with Crippen LogP contribution in [0.15, 0.2) is 47.4 Å². The summed E-state index contributed by atoms with van der Waals surface area (Å²) < 4.78 is 33.5. The number of sulfonamides is 1. The van der Waals surface area contributed by atoms with Crippen molar-refractivity contribution >= 4 is 21.9 Å². The summed E-state index contributed by atoms with van der Waals surface area (Å²) in [7, 11) is -2.68. The second-order valence-corrected chi connectivity index (χ2v) is 8.29. The monoisotopic (exact) mass is 418 g/mol. The highest BCUT2D eigenvalue weighted by Gasteiger charge is 2.28. The van der Waals surface area contributed by atoms with Crippen LogP contribution in [0, 0.1) is 0 Å². The van der Waals surface area contributed by atoms with Gasteiger partial charge in [-0.25, -0.2) is 18.4 Å². The van der Waals surface area contributed by atoms with Crippen LogP contribution in [-0.2, 0) is 32.5 Å². The van der Waals surface area contributed by atoms with Crippen LogP contribution in [0.3, 0.4) is 0 Å². The predicted octanol–water partition coefficient (Wildman–Crippen LogP) is 1.47. The van der Waals surface area contributed by atoms with Gasteiger partial charge in [0.15, 0.2) is 6.10 Å². The molecule has 29 heavy (non-hydrogen) atoms. The number of ether oxygens (including phenoxy) is 2. The first-order valence-electron chi connectivity index (χ1n) is 8.98. The molecule has 1 heterocycles. The summed E-state index contributed by atoms with van der Waals surface area (Å²) in [5.41, 5.74) is 2.14. The fourth-order valence-corrected chi connectivity index (χ4v) is 3.78. The van der Waals surface area contributed by atoms with E-state index in [0.717, 1.165) is 18.1 Å². The molecule has 9 heteroatoms. The highest BCUT2D eigenvalue weighted by atomic mass is 32.2. The highest BCUT2D eigenvalue weighted by Crippen LogP contribution is 2.24. The molecule has 8 nitrogen and oxygen atoms in total. The van der Waals surface area contributed by atoms with Gasteiger partial charge in [0.05, 0.1) is 12.0 Å². The van der Waals surface area contributed by atoms with Crippen molar-refractivity contribution in [2.45, 2.75) is 30.9 Å². The number of esters is 1. The maximum absolute atomic E-state index is 12.8. The molecule has 1 amide bonds. The lowest BCUT2D eigenvalue weighted by molar-refractivity contribution is -0.140. The molecular formula is C20H22N2O6S. The zero-order chi connectivity index (χ0) is 21.2. The molecular weight excluding hydrogens is 396 g/mol. The number of carbonyl (C=O) groups excluding carboxylic acids is 2. The van der Waals surface area contributed by atoms with E-state index in [1.807, 2.05) is 24.3 Å². The third-order valence-corrected chi connectivity index (χ3v) is 5.70. The van der Waals surface area contributed by atoms with Gasteiger partial charge in [0.25, 0.3) is 5.91 Å². The van der Waals surface area contributed by atoms with Crippen molar-refractivity contribution in [3.63, 3.8) is 0 Å². The number of amides is 1. The third-order valence-electron chi connectivity index (χ3n) is 4.79. The summed E-state index contributed by atoms with van der Waals surface area (Å²) in [6.45, 7) is 2.46. The van der Waals surface area contributed by atoms with Gasteiger partial charge in [-0.2, -0.15) is 0 Å². The number of methoxy groups -OCH3 is 1. The smallest absolute Gasteiger partial charge is 0.342 e. The van der Waals surface area contributed by atoms with Crippen LogP contribution >= 0.6 is 0 Å². The first-order chi connectivity index (χ1) is 13.7. The van der Waals surface area contributed by atoms with Gasteiger partial charge in [0, 0.05) is 13.1 Å². The molecule has 0 aliphatic carbocycles. The first kappa shape index (κ1) is 20.8. The largest absolute Gasteiger partial charge is 0.496 e. The van der Waals surface area contributed by atoms with E-state index in [0.29, 0.717) is 13.1 Å². The van der Waals surface area contributed by atoms with Gasteiger partial charge in [0.1, 0.15) is 11.3 Å². The number of carbonyl (C=O) groups is 2. The number of fused-ring (bicyclic) bond motifs is 1. The number of nitrogens with two attached hydrogens (primary N) is 1. The summed E-state index contributed by atoms with van der Waals surface area (Å²) in [4.78, 5) is 26.7. The van der Waals surface area contributed by atoms with Crippen molar-refractivity contribution in [1.82, 2.24) is 4.90 Å². The number of hydrogen-bond acceptors (Lipinski definition) is 6. The Balaban J connectivity index is 1.74. The van der Waals surface area contributed by atoms with Gasteiger partial charge < -0.3 is 14.4 Å². The topological polar surface area (TPSA) is 116 Å². The number of benzene rings is 2. The van der Waals surface area contributed by atoms with E-state index in [1.165, 1.54) is 31.7 Å². The Morgan fingerprint density at radius 2 is 1.83 bits per heavy atom. The maximum Gasteiger partial charge on any atom is 0.342 e. The van der Waals surface area contributed by atoms with Crippen LogP contribution < -0.4 is 9.88 Å². The van der Waals surface area contributed by atoms with Crippen LogP contribution in [0.2, 0.25) is 0 Å². The first-order valence-corrected chi connectivity index (χ1v) is 10.5. The Bertz CT molecular complexity index is 1050. The normalized spacial score (nSPS) is 14.7. The molecule has 1 aliphatic heterocycles. The summed E-state index contributed by atoms with van der Waals surface area (Å²) in [6, 6.07) is 11.5. The van der Waals surface area contributed by atoms with Crippen molar-refractivity contribution in [3.05, 3.63) is 59.2 Å². The van der Waals surface area contributed by atoms with Gasteiger partial charge >= 0.3 is 5.97 Å². The molecule has 0 bridgehead atoms. The van der Waals surface area contributed by atoms with E-state index in [4.69, 9.17) is 14.6 Å². The average Bonchev–Trinajstić information content (AvgIpc) is 2.71. The van der Waals surface area contributed by atoms with Gasteiger partial charge in [-0.05, 0) is 42.7 Å². The van der Waals surface area contributed by atoms with E-state index >= 15 is 0 Å². The molecule has 0 saturated carbocycles. The Morgan fingerprint density at radius 3 is 2.48 bits per heavy atom. The van der Waals surface area contributed by atoms with E-state index < -0.39 is 22.1 Å². The van der Waals surface area contributed by atoms with E-state index in [-0.39, 0.29) is 22.1 Å². The minimum Gasteiger partial charge on any atom is -0.496 e. The molecule has 0 spiro atoms. The standard InChI is InChI=1S/C20H22N2O6S/c1-13(19(23)22-10-9-14-5-3-4-6-15(14)12-22)28-20(24)17-11-16(29(21,25)26)7-8-18(17)27-2/h3-8,11,13H,9-10,12H2,1-2H3,(H2,21,25,26). The lowest BCUT2D eigenvalue weighted by atomic mass is 9.99. The highest BCUT2D eigenvalue weighted by molar-refractivity contribution is 7.89. The number of nitrogens with zero attached hydrogens (tertiary/aromatic N) is 1. The van der Waals surface area contributed by atoms with Crippen molar-refractivity contribution in [1.29, 1.82) is 0 Å². The van der Waals surface area contributed by atoms with Crippen molar-refractivity contribution in [2.75, 3.05) is 13.7 Å². The Morgan fingerprint density at radius 1 is 1.14 bits per heavy atom. The Hall–Kier alpha value is -2.91. The number of hydrogen-bond donors (Lipinski definition) is 1. The average molecular weight is 418 g/mol. The van der Waals surface area contributed by atoms with Gasteiger partial charge in [-0.1, -0.05) is 24.3 Å². The fourth-order valence-electron chi connectivity index (χ4n) is 3.24. The Labute approximate surface area is 169 Å².